The summed E-state index contributed by atoms with van der Waals surface area (Å²) in [4.78, 5) is -0.377. The Bertz CT molecular complexity index is 1100. The molecular formula is C18H16F3N3O3S2. The number of alkyl halides is 3. The first-order valence-corrected chi connectivity index (χ1v) is 11.2. The van der Waals surface area contributed by atoms with E-state index in [0.717, 1.165) is 17.7 Å². The highest BCUT2D eigenvalue weighted by Gasteiger charge is 2.36. The Morgan fingerprint density at radius 2 is 2.03 bits per heavy atom. The van der Waals surface area contributed by atoms with Gasteiger partial charge in [0.15, 0.2) is 0 Å². The van der Waals surface area contributed by atoms with Gasteiger partial charge in [-0.2, -0.15) is 28.8 Å². The van der Waals surface area contributed by atoms with Crippen molar-refractivity contribution in [3.63, 3.8) is 0 Å². The maximum atomic E-state index is 13.0. The lowest BCUT2D eigenvalue weighted by atomic mass is 10.00. The summed E-state index contributed by atoms with van der Waals surface area (Å²) in [5.41, 5.74) is -0.206. The fourth-order valence-electron chi connectivity index (χ4n) is 3.25. The van der Waals surface area contributed by atoms with Crippen molar-refractivity contribution in [3.8, 4) is 11.5 Å². The van der Waals surface area contributed by atoms with Gasteiger partial charge in [0.05, 0.1) is 16.4 Å². The van der Waals surface area contributed by atoms with Gasteiger partial charge in [0, 0.05) is 24.0 Å². The van der Waals surface area contributed by atoms with E-state index in [4.69, 9.17) is 4.42 Å². The van der Waals surface area contributed by atoms with Crippen molar-refractivity contribution in [1.29, 1.82) is 0 Å². The maximum absolute atomic E-state index is 13.0. The minimum Gasteiger partial charge on any atom is -0.420 e. The highest BCUT2D eigenvalue weighted by molar-refractivity contribution is 7.89. The third kappa shape index (κ3) is 4.07. The van der Waals surface area contributed by atoms with Crippen molar-refractivity contribution in [2.24, 2.45) is 0 Å². The van der Waals surface area contributed by atoms with Crippen LogP contribution in [0.4, 0.5) is 13.2 Å². The Morgan fingerprint density at radius 1 is 1.21 bits per heavy atom. The van der Waals surface area contributed by atoms with E-state index < -0.39 is 21.8 Å². The molecule has 0 saturated carbocycles. The number of sulfonamides is 1. The standard InChI is InChI=1S/C18H16F3N3O3S2/c19-18(20,21)14-4-1-5-15(9-14)29(25,26)24-7-2-3-12(10-24)16-22-23-17(27-16)13-6-8-28-11-13/h1,4-6,8-9,11-12H,2-3,7,10H2/t12-/m1/s1. The average Bonchev–Trinajstić information content (AvgIpc) is 3.39. The van der Waals surface area contributed by atoms with Crippen LogP contribution in [0.25, 0.3) is 11.5 Å². The Balaban J connectivity index is 1.57. The number of hydrogen-bond acceptors (Lipinski definition) is 6. The van der Waals surface area contributed by atoms with Crippen molar-refractivity contribution >= 4 is 21.4 Å². The summed E-state index contributed by atoms with van der Waals surface area (Å²) in [6.07, 6.45) is -3.42. The van der Waals surface area contributed by atoms with Gasteiger partial charge in [-0.1, -0.05) is 6.07 Å². The van der Waals surface area contributed by atoms with E-state index in [1.165, 1.54) is 21.7 Å². The van der Waals surface area contributed by atoms with Crippen molar-refractivity contribution in [2.75, 3.05) is 13.1 Å². The Labute approximate surface area is 169 Å². The van der Waals surface area contributed by atoms with Gasteiger partial charge in [0.2, 0.25) is 21.8 Å². The predicted molar refractivity (Wildman–Crippen MR) is 99.8 cm³/mol. The summed E-state index contributed by atoms with van der Waals surface area (Å²) in [5, 5.41) is 11.8. The quantitative estimate of drug-likeness (QED) is 0.598. The van der Waals surface area contributed by atoms with Gasteiger partial charge in [0.25, 0.3) is 0 Å². The number of halogens is 3. The molecule has 4 rings (SSSR count). The molecule has 29 heavy (non-hydrogen) atoms. The molecule has 1 atom stereocenters. The molecule has 1 aliphatic heterocycles. The number of hydrogen-bond donors (Lipinski definition) is 0. The molecule has 0 unspecified atom stereocenters. The third-order valence-corrected chi connectivity index (χ3v) is 7.29. The second-order valence-corrected chi connectivity index (χ2v) is 9.40. The smallest absolute Gasteiger partial charge is 0.416 e. The van der Waals surface area contributed by atoms with E-state index in [2.05, 4.69) is 10.2 Å². The van der Waals surface area contributed by atoms with Gasteiger partial charge in [-0.25, -0.2) is 8.42 Å². The van der Waals surface area contributed by atoms with Crippen LogP contribution in [0.2, 0.25) is 0 Å². The molecule has 0 aliphatic carbocycles. The summed E-state index contributed by atoms with van der Waals surface area (Å²) in [7, 11) is -4.08. The lowest BCUT2D eigenvalue weighted by Gasteiger charge is -2.30. The molecule has 3 heterocycles. The van der Waals surface area contributed by atoms with Crippen LogP contribution in [0.1, 0.15) is 30.2 Å². The summed E-state index contributed by atoms with van der Waals surface area (Å²) < 4.78 is 71.7. The van der Waals surface area contributed by atoms with E-state index in [-0.39, 0.29) is 23.9 Å². The number of benzene rings is 1. The zero-order valence-electron chi connectivity index (χ0n) is 15.0. The number of thiophene rings is 1. The van der Waals surface area contributed by atoms with E-state index in [0.29, 0.717) is 30.7 Å². The van der Waals surface area contributed by atoms with Crippen molar-refractivity contribution in [1.82, 2.24) is 14.5 Å². The third-order valence-electron chi connectivity index (χ3n) is 4.74. The predicted octanol–water partition coefficient (Wildman–Crippen LogP) is 4.39. The van der Waals surface area contributed by atoms with Gasteiger partial charge in [-0.15, -0.1) is 10.2 Å². The summed E-state index contributed by atoms with van der Waals surface area (Å²) in [6, 6.07) is 5.63. The largest absolute Gasteiger partial charge is 0.420 e. The summed E-state index contributed by atoms with van der Waals surface area (Å²) >= 11 is 1.49. The minimum absolute atomic E-state index is 0.0733. The molecular weight excluding hydrogens is 427 g/mol. The molecule has 0 bridgehead atoms. The lowest BCUT2D eigenvalue weighted by Crippen LogP contribution is -2.39. The molecule has 1 aliphatic rings. The molecule has 11 heteroatoms. The average molecular weight is 443 g/mol. The number of aromatic nitrogens is 2. The van der Waals surface area contributed by atoms with Crippen molar-refractivity contribution < 1.29 is 26.0 Å². The Kier molecular flexibility index (Phi) is 5.21. The normalized spacial score (nSPS) is 18.8. The number of piperidine rings is 1. The zero-order valence-corrected chi connectivity index (χ0v) is 16.6. The van der Waals surface area contributed by atoms with Crippen LogP contribution < -0.4 is 0 Å². The molecule has 3 aromatic rings. The summed E-state index contributed by atoms with van der Waals surface area (Å²) in [6.45, 7) is 0.296. The van der Waals surface area contributed by atoms with Crippen LogP contribution in [-0.4, -0.2) is 36.0 Å². The van der Waals surface area contributed by atoms with E-state index >= 15 is 0 Å². The Hall–Kier alpha value is -2.24. The van der Waals surface area contributed by atoms with Gasteiger partial charge in [-0.05, 0) is 42.5 Å². The van der Waals surface area contributed by atoms with Gasteiger partial charge >= 0.3 is 6.18 Å². The second kappa shape index (κ2) is 7.54. The van der Waals surface area contributed by atoms with Crippen LogP contribution >= 0.6 is 11.3 Å². The fraction of sp³-hybridized carbons (Fsp3) is 0.333. The molecule has 0 radical (unpaired) electrons. The lowest BCUT2D eigenvalue weighted by molar-refractivity contribution is -0.137. The molecule has 1 saturated heterocycles. The Morgan fingerprint density at radius 3 is 2.76 bits per heavy atom. The highest BCUT2D eigenvalue weighted by atomic mass is 32.2. The monoisotopic (exact) mass is 443 g/mol. The van der Waals surface area contributed by atoms with Gasteiger partial charge < -0.3 is 4.42 Å². The van der Waals surface area contributed by atoms with Crippen molar-refractivity contribution in [2.45, 2.75) is 29.8 Å². The van der Waals surface area contributed by atoms with Crippen LogP contribution in [0, 0.1) is 0 Å². The fourth-order valence-corrected chi connectivity index (χ4v) is 5.45. The molecule has 6 nitrogen and oxygen atoms in total. The minimum atomic E-state index is -4.61. The molecule has 0 N–H and O–H groups in total. The molecule has 0 spiro atoms. The van der Waals surface area contributed by atoms with Crippen LogP contribution in [0.3, 0.4) is 0 Å². The van der Waals surface area contributed by atoms with Crippen LogP contribution in [-0.2, 0) is 16.2 Å². The van der Waals surface area contributed by atoms with Gasteiger partial charge in [-0.3, -0.25) is 0 Å². The summed E-state index contributed by atoms with van der Waals surface area (Å²) in [5.74, 6) is 0.374. The highest BCUT2D eigenvalue weighted by Crippen LogP contribution is 2.34. The van der Waals surface area contributed by atoms with Crippen molar-refractivity contribution in [3.05, 3.63) is 52.5 Å². The topological polar surface area (TPSA) is 76.3 Å². The molecule has 1 aromatic carbocycles. The zero-order chi connectivity index (χ0) is 20.6. The molecule has 2 aromatic heterocycles. The first-order valence-electron chi connectivity index (χ1n) is 8.78. The van der Waals surface area contributed by atoms with E-state index in [1.54, 1.807) is 0 Å². The molecule has 0 amide bonds. The second-order valence-electron chi connectivity index (χ2n) is 6.69. The SMILES string of the molecule is O=S(=O)(c1cccc(C(F)(F)F)c1)N1CCC[C@@H](c2nnc(-c3ccsc3)o2)C1. The first-order chi connectivity index (χ1) is 13.7. The molecule has 1 fully saturated rings. The van der Waals surface area contributed by atoms with E-state index in [1.807, 2.05) is 16.8 Å². The number of rotatable bonds is 4. The maximum Gasteiger partial charge on any atom is 0.416 e. The molecule has 154 valence electrons. The van der Waals surface area contributed by atoms with Gasteiger partial charge in [0.1, 0.15) is 0 Å². The number of nitrogens with zero attached hydrogens (tertiary/aromatic N) is 3. The van der Waals surface area contributed by atoms with E-state index in [9.17, 15) is 21.6 Å². The first kappa shape index (κ1) is 20.0. The van der Waals surface area contributed by atoms with Crippen LogP contribution in [0.15, 0.2) is 50.4 Å². The van der Waals surface area contributed by atoms with Crippen LogP contribution in [0.5, 0.6) is 0 Å².